The van der Waals surface area contributed by atoms with E-state index in [9.17, 15) is 14.4 Å². The van der Waals surface area contributed by atoms with Crippen LogP contribution in [0.1, 0.15) is 47.4 Å². The molecular formula is C22H27N3O4. The predicted octanol–water partition coefficient (Wildman–Crippen LogP) is 3.25. The smallest absolute Gasteiger partial charge is 0.257 e. The minimum atomic E-state index is -0.162. The number of piperidine rings is 1. The molecule has 0 spiro atoms. The molecule has 1 N–H and O–H groups in total. The van der Waals surface area contributed by atoms with Crippen molar-refractivity contribution in [3.05, 3.63) is 54.0 Å². The fourth-order valence-electron chi connectivity index (χ4n) is 3.58. The van der Waals surface area contributed by atoms with Crippen LogP contribution in [0, 0.1) is 5.92 Å². The maximum atomic E-state index is 12.7. The molecule has 3 rings (SSSR count). The third-order valence-corrected chi connectivity index (χ3v) is 5.35. The van der Waals surface area contributed by atoms with Crippen LogP contribution in [-0.4, -0.2) is 53.7 Å². The van der Waals surface area contributed by atoms with Crippen LogP contribution in [0.15, 0.2) is 47.3 Å². The second-order valence-electron chi connectivity index (χ2n) is 7.13. The largest absolute Gasteiger partial charge is 0.472 e. The van der Waals surface area contributed by atoms with Crippen LogP contribution < -0.4 is 5.32 Å². The number of rotatable bonds is 6. The van der Waals surface area contributed by atoms with Gasteiger partial charge in [0.1, 0.15) is 6.26 Å². The minimum Gasteiger partial charge on any atom is -0.472 e. The van der Waals surface area contributed by atoms with Gasteiger partial charge in [0.25, 0.3) is 11.8 Å². The van der Waals surface area contributed by atoms with Gasteiger partial charge in [-0.2, -0.15) is 0 Å². The summed E-state index contributed by atoms with van der Waals surface area (Å²) in [5.74, 6) is -0.351. The highest BCUT2D eigenvalue weighted by atomic mass is 16.3. The first-order valence-corrected chi connectivity index (χ1v) is 10.0. The summed E-state index contributed by atoms with van der Waals surface area (Å²) >= 11 is 0. The lowest BCUT2D eigenvalue weighted by Gasteiger charge is -2.31. The minimum absolute atomic E-state index is 0.0443. The molecule has 7 heteroatoms. The van der Waals surface area contributed by atoms with Gasteiger partial charge in [-0.05, 0) is 51.0 Å². The van der Waals surface area contributed by atoms with Gasteiger partial charge in [0.2, 0.25) is 5.91 Å². The SMILES string of the molecule is CCN(CC)C(=O)c1cccc(NC(=O)C2CCN(C(=O)c3ccoc3)CC2)c1. The Labute approximate surface area is 170 Å². The second-order valence-corrected chi connectivity index (χ2v) is 7.13. The quantitative estimate of drug-likeness (QED) is 0.811. The lowest BCUT2D eigenvalue weighted by atomic mass is 9.95. The van der Waals surface area contributed by atoms with Gasteiger partial charge in [-0.1, -0.05) is 6.07 Å². The number of amides is 3. The Hall–Kier alpha value is -3.09. The van der Waals surface area contributed by atoms with E-state index in [0.717, 1.165) is 0 Å². The van der Waals surface area contributed by atoms with E-state index >= 15 is 0 Å². The highest BCUT2D eigenvalue weighted by molar-refractivity contribution is 5.98. The van der Waals surface area contributed by atoms with E-state index < -0.39 is 0 Å². The first kappa shape index (κ1) is 20.6. The summed E-state index contributed by atoms with van der Waals surface area (Å²) in [5.41, 5.74) is 1.71. The number of nitrogens with one attached hydrogen (secondary N) is 1. The van der Waals surface area contributed by atoms with Crippen molar-refractivity contribution in [2.24, 2.45) is 5.92 Å². The van der Waals surface area contributed by atoms with Gasteiger partial charge in [0.15, 0.2) is 0 Å². The monoisotopic (exact) mass is 397 g/mol. The molecule has 154 valence electrons. The van der Waals surface area contributed by atoms with Crippen molar-refractivity contribution in [1.82, 2.24) is 9.80 Å². The second kappa shape index (κ2) is 9.41. The van der Waals surface area contributed by atoms with Crippen LogP contribution in [-0.2, 0) is 4.79 Å². The summed E-state index contributed by atoms with van der Waals surface area (Å²) in [6, 6.07) is 8.69. The Morgan fingerprint density at radius 3 is 2.45 bits per heavy atom. The van der Waals surface area contributed by atoms with Crippen LogP contribution in [0.3, 0.4) is 0 Å². The molecule has 0 saturated carbocycles. The van der Waals surface area contributed by atoms with Crippen LogP contribution in [0.25, 0.3) is 0 Å². The van der Waals surface area contributed by atoms with Gasteiger partial charge >= 0.3 is 0 Å². The fraction of sp³-hybridized carbons (Fsp3) is 0.409. The standard InChI is InChI=1S/C22H27N3O4/c1-3-24(4-2)21(27)17-6-5-7-19(14-17)23-20(26)16-8-11-25(12-9-16)22(28)18-10-13-29-15-18/h5-7,10,13-16H,3-4,8-9,11-12H2,1-2H3,(H,23,26). The summed E-state index contributed by atoms with van der Waals surface area (Å²) in [6.45, 7) is 6.22. The summed E-state index contributed by atoms with van der Waals surface area (Å²) in [4.78, 5) is 41.0. The van der Waals surface area contributed by atoms with Crippen LogP contribution in [0.4, 0.5) is 5.69 Å². The molecule has 2 aromatic rings. The molecule has 29 heavy (non-hydrogen) atoms. The lowest BCUT2D eigenvalue weighted by molar-refractivity contribution is -0.121. The van der Waals surface area contributed by atoms with Gasteiger partial charge in [0.05, 0.1) is 11.8 Å². The van der Waals surface area contributed by atoms with E-state index in [2.05, 4.69) is 5.32 Å². The topological polar surface area (TPSA) is 82.9 Å². The lowest BCUT2D eigenvalue weighted by Crippen LogP contribution is -2.41. The molecule has 7 nitrogen and oxygen atoms in total. The maximum absolute atomic E-state index is 12.7. The first-order chi connectivity index (χ1) is 14.0. The van der Waals surface area contributed by atoms with E-state index in [4.69, 9.17) is 4.42 Å². The molecule has 0 aliphatic carbocycles. The molecule has 0 bridgehead atoms. The van der Waals surface area contributed by atoms with Gasteiger partial charge in [0, 0.05) is 43.3 Å². The molecule has 1 aliphatic rings. The number of hydrogen-bond donors (Lipinski definition) is 1. The molecular weight excluding hydrogens is 370 g/mol. The molecule has 1 aromatic heterocycles. The van der Waals surface area contributed by atoms with Crippen molar-refractivity contribution in [2.45, 2.75) is 26.7 Å². The van der Waals surface area contributed by atoms with E-state index in [0.29, 0.717) is 55.8 Å². The molecule has 3 amide bonds. The van der Waals surface area contributed by atoms with Crippen molar-refractivity contribution in [3.63, 3.8) is 0 Å². The molecule has 0 atom stereocenters. The van der Waals surface area contributed by atoms with E-state index in [1.165, 1.54) is 12.5 Å². The third kappa shape index (κ3) is 4.85. The van der Waals surface area contributed by atoms with Crippen LogP contribution in [0.5, 0.6) is 0 Å². The number of furan rings is 1. The predicted molar refractivity (Wildman–Crippen MR) is 110 cm³/mol. The highest BCUT2D eigenvalue weighted by Crippen LogP contribution is 2.22. The average molecular weight is 397 g/mol. The number of likely N-dealkylation sites (tertiary alicyclic amines) is 1. The number of nitrogens with zero attached hydrogens (tertiary/aromatic N) is 2. The molecule has 0 radical (unpaired) electrons. The molecule has 1 saturated heterocycles. The number of carbonyl (C=O) groups is 3. The number of hydrogen-bond acceptors (Lipinski definition) is 4. The van der Waals surface area contributed by atoms with Crippen molar-refractivity contribution < 1.29 is 18.8 Å². The zero-order chi connectivity index (χ0) is 20.8. The normalized spacial score (nSPS) is 14.5. The van der Waals surface area contributed by atoms with E-state index in [-0.39, 0.29) is 23.6 Å². The van der Waals surface area contributed by atoms with Crippen LogP contribution >= 0.6 is 0 Å². The zero-order valence-electron chi connectivity index (χ0n) is 16.9. The number of benzene rings is 1. The highest BCUT2D eigenvalue weighted by Gasteiger charge is 2.28. The van der Waals surface area contributed by atoms with Crippen LogP contribution in [0.2, 0.25) is 0 Å². The summed E-state index contributed by atoms with van der Waals surface area (Å²) in [6.07, 6.45) is 4.13. The Bertz CT molecular complexity index is 851. The average Bonchev–Trinajstić information content (AvgIpc) is 3.29. The number of carbonyl (C=O) groups excluding carboxylic acids is 3. The first-order valence-electron chi connectivity index (χ1n) is 10.0. The van der Waals surface area contributed by atoms with Gasteiger partial charge in [-0.15, -0.1) is 0 Å². The molecule has 1 aromatic carbocycles. The maximum Gasteiger partial charge on any atom is 0.257 e. The molecule has 0 unspecified atom stereocenters. The fourth-order valence-corrected chi connectivity index (χ4v) is 3.58. The zero-order valence-corrected chi connectivity index (χ0v) is 16.9. The molecule has 1 fully saturated rings. The Morgan fingerprint density at radius 2 is 1.83 bits per heavy atom. The van der Waals surface area contributed by atoms with Crippen molar-refractivity contribution in [1.29, 1.82) is 0 Å². The van der Waals surface area contributed by atoms with Crippen molar-refractivity contribution in [2.75, 3.05) is 31.5 Å². The summed E-state index contributed by atoms with van der Waals surface area (Å²) in [5, 5.41) is 2.93. The summed E-state index contributed by atoms with van der Waals surface area (Å²) in [7, 11) is 0. The Kier molecular flexibility index (Phi) is 6.69. The van der Waals surface area contributed by atoms with Crippen molar-refractivity contribution >= 4 is 23.4 Å². The van der Waals surface area contributed by atoms with Gasteiger partial charge in [-0.25, -0.2) is 0 Å². The van der Waals surface area contributed by atoms with E-state index in [1.54, 1.807) is 40.1 Å². The number of anilines is 1. The van der Waals surface area contributed by atoms with Crippen molar-refractivity contribution in [3.8, 4) is 0 Å². The Balaban J connectivity index is 1.57. The Morgan fingerprint density at radius 1 is 1.10 bits per heavy atom. The van der Waals surface area contributed by atoms with E-state index in [1.807, 2.05) is 13.8 Å². The van der Waals surface area contributed by atoms with Gasteiger partial charge < -0.3 is 19.5 Å². The third-order valence-electron chi connectivity index (χ3n) is 5.35. The summed E-state index contributed by atoms with van der Waals surface area (Å²) < 4.78 is 4.97. The van der Waals surface area contributed by atoms with Gasteiger partial charge in [-0.3, -0.25) is 14.4 Å². The molecule has 1 aliphatic heterocycles. The molecule has 2 heterocycles.